The molecule has 9 N–H and O–H groups in total. The minimum Gasteiger partial charge on any atom is -0.465 e. The Balaban J connectivity index is 1.55. The molecule has 4 rings (SSSR count). The summed E-state index contributed by atoms with van der Waals surface area (Å²) in [5, 5.41) is 55.5. The van der Waals surface area contributed by atoms with Gasteiger partial charge in [-0.2, -0.15) is 0 Å². The van der Waals surface area contributed by atoms with Crippen molar-refractivity contribution < 1.29 is 67.8 Å². The molecule has 21 heteroatoms. The van der Waals surface area contributed by atoms with E-state index in [0.29, 0.717) is 5.56 Å². The van der Waals surface area contributed by atoms with Crippen LogP contribution < -0.4 is 27.0 Å². The number of nitrogens with zero attached hydrogens (tertiary/aromatic N) is 1. The topological polar surface area (TPSA) is 294 Å². The number of carbonyl (C=O) groups is 3. The fraction of sp³-hybridized carbons (Fsp3) is 0.703. The van der Waals surface area contributed by atoms with Gasteiger partial charge in [0.2, 0.25) is 6.29 Å². The minimum absolute atomic E-state index is 0.0383. The van der Waals surface area contributed by atoms with E-state index in [2.05, 4.69) is 21.3 Å². The fourth-order valence-electron chi connectivity index (χ4n) is 6.62. The van der Waals surface area contributed by atoms with Crippen molar-refractivity contribution in [3.05, 3.63) is 51.8 Å². The summed E-state index contributed by atoms with van der Waals surface area (Å²) in [6.45, 7) is 11.0. The lowest BCUT2D eigenvalue weighted by Gasteiger charge is -2.48. The number of amides is 3. The van der Waals surface area contributed by atoms with Gasteiger partial charge in [-0.15, -0.1) is 0 Å². The molecule has 0 aromatic heterocycles. The number of nitrogens with two attached hydrogens (primary N) is 1. The van der Waals surface area contributed by atoms with Crippen LogP contribution in [0.1, 0.15) is 66.9 Å². The number of alkyl carbamates (subject to hydrolysis) is 3. The van der Waals surface area contributed by atoms with Crippen LogP contribution in [0, 0.1) is 10.1 Å². The van der Waals surface area contributed by atoms with E-state index >= 15 is 0 Å². The van der Waals surface area contributed by atoms with Crippen molar-refractivity contribution in [2.45, 2.75) is 146 Å². The maximum atomic E-state index is 13.1. The highest BCUT2D eigenvalue weighted by molar-refractivity contribution is 5.69. The summed E-state index contributed by atoms with van der Waals surface area (Å²) in [5.74, 6) is 0.190. The number of hydrogen-bond donors (Lipinski definition) is 8. The molecular weight excluding hydrogens is 768 g/mol. The second-order valence-electron chi connectivity index (χ2n) is 16.6. The highest BCUT2D eigenvalue weighted by Gasteiger charge is 2.52. The predicted octanol–water partition coefficient (Wildman–Crippen LogP) is 1.16. The van der Waals surface area contributed by atoms with Crippen LogP contribution in [0.2, 0.25) is 0 Å². The van der Waals surface area contributed by atoms with Gasteiger partial charge in [0.25, 0.3) is 5.69 Å². The van der Waals surface area contributed by atoms with Gasteiger partial charge in [0.15, 0.2) is 6.29 Å². The Kier molecular flexibility index (Phi) is 15.3. The summed E-state index contributed by atoms with van der Waals surface area (Å²) in [5.41, 5.74) is 3.75. The van der Waals surface area contributed by atoms with E-state index in [1.807, 2.05) is 0 Å². The number of carbonyl (C=O) groups excluding carboxylic acids is 3. The van der Waals surface area contributed by atoms with Crippen molar-refractivity contribution in [2.75, 3.05) is 20.2 Å². The minimum atomic E-state index is -1.62. The molecule has 58 heavy (non-hydrogen) atoms. The summed E-state index contributed by atoms with van der Waals surface area (Å²) >= 11 is 0. The number of nitrogens with one attached hydrogen (secondary N) is 4. The number of rotatable bonds is 12. The molecule has 3 amide bonds. The molecule has 1 aromatic carbocycles. The zero-order chi connectivity index (χ0) is 43.2. The van der Waals surface area contributed by atoms with E-state index in [9.17, 15) is 39.8 Å². The third kappa shape index (κ3) is 13.1. The Bertz CT molecular complexity index is 1610. The molecule has 11 atom stereocenters. The summed E-state index contributed by atoms with van der Waals surface area (Å²) in [7, 11) is 1.55. The van der Waals surface area contributed by atoms with Crippen LogP contribution in [-0.2, 0) is 39.8 Å². The normalized spacial score (nSPS) is 31.5. The van der Waals surface area contributed by atoms with E-state index in [-0.39, 0.29) is 44.0 Å². The number of likely N-dealkylation sites (N-methyl/N-ethyl adjacent to an activating group) is 1. The fourth-order valence-corrected chi connectivity index (χ4v) is 6.62. The zero-order valence-corrected chi connectivity index (χ0v) is 34.0. The van der Waals surface area contributed by atoms with E-state index in [1.54, 1.807) is 54.7 Å². The molecule has 2 fully saturated rings. The van der Waals surface area contributed by atoms with Gasteiger partial charge >= 0.3 is 18.3 Å². The molecule has 1 saturated heterocycles. The lowest BCUT2D eigenvalue weighted by atomic mass is 9.83. The molecule has 21 nitrogen and oxygen atoms in total. The van der Waals surface area contributed by atoms with E-state index in [1.165, 1.54) is 31.2 Å². The van der Waals surface area contributed by atoms with Crippen LogP contribution in [0.15, 0.2) is 36.1 Å². The first kappa shape index (κ1) is 46.3. The van der Waals surface area contributed by atoms with Gasteiger partial charge in [-0.1, -0.05) is 0 Å². The van der Waals surface area contributed by atoms with Crippen molar-refractivity contribution in [1.82, 2.24) is 21.3 Å². The van der Waals surface area contributed by atoms with Gasteiger partial charge in [0, 0.05) is 18.2 Å². The van der Waals surface area contributed by atoms with Crippen molar-refractivity contribution in [3.63, 3.8) is 0 Å². The molecule has 1 aromatic rings. The average molecular weight is 827 g/mol. The summed E-state index contributed by atoms with van der Waals surface area (Å²) in [4.78, 5) is 49.0. The lowest BCUT2D eigenvalue weighted by molar-refractivity contribution is -0.384. The second-order valence-corrected chi connectivity index (χ2v) is 16.6. The number of ether oxygens (including phenoxy) is 7. The molecular formula is C37H58N6O15. The van der Waals surface area contributed by atoms with Crippen LogP contribution in [0.3, 0.4) is 0 Å². The molecule has 1 aliphatic carbocycles. The third-order valence-electron chi connectivity index (χ3n) is 9.27. The highest BCUT2D eigenvalue weighted by atomic mass is 16.7. The van der Waals surface area contributed by atoms with Crippen LogP contribution in [0.5, 0.6) is 0 Å². The largest absolute Gasteiger partial charge is 0.465 e. The predicted molar refractivity (Wildman–Crippen MR) is 203 cm³/mol. The number of nitro groups is 1. The number of benzene rings is 1. The van der Waals surface area contributed by atoms with Crippen molar-refractivity contribution in [3.8, 4) is 0 Å². The molecule has 1 saturated carbocycles. The van der Waals surface area contributed by atoms with Gasteiger partial charge in [-0.05, 0) is 92.1 Å². The number of non-ortho nitro benzene ring substituents is 1. The Labute approximate surface area is 336 Å². The quantitative estimate of drug-likeness (QED) is 0.0833. The molecule has 2 aliphatic heterocycles. The number of nitro benzene ring substituents is 1. The Morgan fingerprint density at radius 1 is 0.931 bits per heavy atom. The maximum absolute atomic E-state index is 13.1. The van der Waals surface area contributed by atoms with Crippen LogP contribution in [0.25, 0.3) is 0 Å². The van der Waals surface area contributed by atoms with Crippen LogP contribution in [0.4, 0.5) is 20.1 Å². The van der Waals surface area contributed by atoms with Crippen molar-refractivity contribution in [2.24, 2.45) is 5.73 Å². The highest BCUT2D eigenvalue weighted by Crippen LogP contribution is 2.32. The van der Waals surface area contributed by atoms with Gasteiger partial charge < -0.3 is 75.5 Å². The van der Waals surface area contributed by atoms with E-state index in [0.717, 1.165) is 0 Å². The van der Waals surface area contributed by atoms with Gasteiger partial charge in [-0.25, -0.2) is 14.4 Å². The maximum Gasteiger partial charge on any atom is 0.408 e. The SMILES string of the molecule is CNC1C(O)[C@@H](O[C@@H]2C(O)C(O[C@H]3OC(CNC(=O)OCc4ccc([N+](=O)[O-])cc4)=CCC3NC(=O)OC(C)(C)C)[C@@H](NC(=O)OC(C)(C)C)C[C@H]2N)OC[C@]1(C)O. The molecule has 3 aliphatic rings. The molecule has 0 spiro atoms. The monoisotopic (exact) mass is 826 g/mol. The first-order chi connectivity index (χ1) is 27.0. The lowest BCUT2D eigenvalue weighted by Crippen LogP contribution is -2.69. The van der Waals surface area contributed by atoms with Gasteiger partial charge in [0.05, 0.1) is 36.2 Å². The van der Waals surface area contributed by atoms with Gasteiger partial charge in [-0.3, -0.25) is 10.1 Å². The number of aliphatic hydroxyl groups is 3. The first-order valence-corrected chi connectivity index (χ1v) is 18.9. The Morgan fingerprint density at radius 3 is 2.09 bits per heavy atom. The van der Waals surface area contributed by atoms with Gasteiger partial charge in [0.1, 0.15) is 53.6 Å². The zero-order valence-electron chi connectivity index (χ0n) is 34.0. The Morgan fingerprint density at radius 2 is 1.52 bits per heavy atom. The number of hydrogen-bond acceptors (Lipinski definition) is 17. The van der Waals surface area contributed by atoms with Crippen molar-refractivity contribution in [1.29, 1.82) is 0 Å². The third-order valence-corrected chi connectivity index (χ3v) is 9.27. The number of aliphatic hydroxyl groups excluding tert-OH is 2. The van der Waals surface area contributed by atoms with E-state index in [4.69, 9.17) is 38.9 Å². The average Bonchev–Trinajstić information content (AvgIpc) is 3.10. The van der Waals surface area contributed by atoms with Crippen LogP contribution in [-0.4, -0.2) is 137 Å². The second kappa shape index (κ2) is 19.1. The van der Waals surface area contributed by atoms with E-state index < -0.39 is 101 Å². The summed E-state index contributed by atoms with van der Waals surface area (Å²) < 4.78 is 40.5. The first-order valence-electron chi connectivity index (χ1n) is 18.9. The Hall–Kier alpha value is -4.35. The smallest absolute Gasteiger partial charge is 0.408 e. The standard InChI is InChI=1S/C37H58N6O15/c1-35(2,3)57-33(47)41-23-14-13-21(16-40-32(46)52-17-19-9-11-20(12-10-19)43(50)51)54-30(23)56-28-24(42-34(48)58-36(4,5)6)15-22(38)27(25(28)44)55-31-26(45)29(39-8)37(7,49)18-53-31/h9-13,22-31,39,44-45,49H,14-18,38H2,1-8H3,(H,40,46)(H,41,47)(H,42,48)/t22-,23?,24+,25?,26?,27+,28?,29?,30-,31-,37+/m1/s1. The summed E-state index contributed by atoms with van der Waals surface area (Å²) in [6.07, 6.45) is -9.15. The molecule has 0 radical (unpaired) electrons. The summed E-state index contributed by atoms with van der Waals surface area (Å²) in [6, 6.07) is 1.71. The van der Waals surface area contributed by atoms with Crippen LogP contribution >= 0.6 is 0 Å². The molecule has 2 heterocycles. The molecule has 0 bridgehead atoms. The van der Waals surface area contributed by atoms with Crippen molar-refractivity contribution >= 4 is 24.0 Å². The molecule has 326 valence electrons. The molecule has 5 unspecified atom stereocenters.